The summed E-state index contributed by atoms with van der Waals surface area (Å²) in [4.78, 5) is 12.9. The second kappa shape index (κ2) is 3.44. The van der Waals surface area contributed by atoms with Crippen molar-refractivity contribution in [3.63, 3.8) is 0 Å². The Hall–Kier alpha value is -0.740. The van der Waals surface area contributed by atoms with Gasteiger partial charge in [-0.05, 0) is 28.1 Å². The Morgan fingerprint density at radius 2 is 2.29 bits per heavy atom. The van der Waals surface area contributed by atoms with E-state index in [0.29, 0.717) is 16.5 Å². The lowest BCUT2D eigenvalue weighted by molar-refractivity contribution is -0.121. The van der Waals surface area contributed by atoms with E-state index in [9.17, 15) is 4.79 Å². The number of nitrogens with zero attached hydrogens (tertiary/aromatic N) is 1. The van der Waals surface area contributed by atoms with Crippen molar-refractivity contribution in [2.45, 2.75) is 0 Å². The highest BCUT2D eigenvalue weighted by Crippen LogP contribution is 2.40. The Kier molecular flexibility index (Phi) is 2.41. The number of hydrogen-bond donors (Lipinski definition) is 0. The number of ether oxygens (including phenoxy) is 1. The van der Waals surface area contributed by atoms with Crippen molar-refractivity contribution >= 4 is 39.1 Å². The van der Waals surface area contributed by atoms with Crippen LogP contribution < -0.4 is 9.64 Å². The molecule has 0 fully saturated rings. The van der Waals surface area contributed by atoms with Gasteiger partial charge < -0.3 is 9.64 Å². The van der Waals surface area contributed by atoms with Gasteiger partial charge >= 0.3 is 0 Å². The minimum atomic E-state index is -0.0772. The molecule has 1 amide bonds. The van der Waals surface area contributed by atoms with Crippen molar-refractivity contribution in [1.82, 2.24) is 0 Å². The number of benzene rings is 1. The summed E-state index contributed by atoms with van der Waals surface area (Å²) in [6, 6.07) is 3.45. The van der Waals surface area contributed by atoms with Crippen LogP contribution in [-0.2, 0) is 4.79 Å². The van der Waals surface area contributed by atoms with Crippen LogP contribution in [-0.4, -0.2) is 19.6 Å². The second-order valence-corrected chi connectivity index (χ2v) is 4.27. The molecule has 0 spiro atoms. The van der Waals surface area contributed by atoms with E-state index >= 15 is 0 Å². The van der Waals surface area contributed by atoms with Crippen molar-refractivity contribution < 1.29 is 9.53 Å². The van der Waals surface area contributed by atoms with Crippen LogP contribution in [0.4, 0.5) is 5.69 Å². The monoisotopic (exact) mass is 275 g/mol. The average molecular weight is 277 g/mol. The number of rotatable bonds is 0. The third-order valence-electron chi connectivity index (χ3n) is 2.06. The molecule has 1 aromatic carbocycles. The van der Waals surface area contributed by atoms with Crippen molar-refractivity contribution in [3.8, 4) is 5.75 Å². The lowest BCUT2D eigenvalue weighted by Crippen LogP contribution is -2.35. The molecule has 5 heteroatoms. The molecule has 1 aliphatic heterocycles. The molecular formula is C9H7BrClNO2. The summed E-state index contributed by atoms with van der Waals surface area (Å²) >= 11 is 9.20. The molecule has 0 saturated heterocycles. The van der Waals surface area contributed by atoms with E-state index in [2.05, 4.69) is 15.9 Å². The summed E-state index contributed by atoms with van der Waals surface area (Å²) in [6.07, 6.45) is 0. The van der Waals surface area contributed by atoms with Crippen LogP contribution in [0.15, 0.2) is 16.6 Å². The Bertz CT molecular complexity index is 408. The summed E-state index contributed by atoms with van der Waals surface area (Å²) in [5.74, 6) is 0.586. The SMILES string of the molecule is CN1C(=O)COc2c(Br)cc(Cl)cc21. The number of anilines is 1. The largest absolute Gasteiger partial charge is 0.480 e. The van der Waals surface area contributed by atoms with Gasteiger partial charge in [-0.25, -0.2) is 0 Å². The topological polar surface area (TPSA) is 29.5 Å². The molecule has 0 bridgehead atoms. The van der Waals surface area contributed by atoms with E-state index in [1.807, 2.05) is 0 Å². The van der Waals surface area contributed by atoms with Gasteiger partial charge in [-0.3, -0.25) is 4.79 Å². The fraction of sp³-hybridized carbons (Fsp3) is 0.222. The lowest BCUT2D eigenvalue weighted by Gasteiger charge is -2.26. The predicted molar refractivity (Wildman–Crippen MR) is 58.1 cm³/mol. The van der Waals surface area contributed by atoms with Crippen LogP contribution >= 0.6 is 27.5 Å². The van der Waals surface area contributed by atoms with Gasteiger partial charge in [0.1, 0.15) is 0 Å². The maximum Gasteiger partial charge on any atom is 0.264 e. The predicted octanol–water partition coefficient (Wildman–Crippen LogP) is 2.46. The fourth-order valence-corrected chi connectivity index (χ4v) is 2.21. The molecule has 0 saturated carbocycles. The Morgan fingerprint density at radius 1 is 1.57 bits per heavy atom. The third kappa shape index (κ3) is 1.48. The highest BCUT2D eigenvalue weighted by molar-refractivity contribution is 9.10. The summed E-state index contributed by atoms with van der Waals surface area (Å²) < 4.78 is 6.06. The number of fused-ring (bicyclic) bond motifs is 1. The van der Waals surface area contributed by atoms with Gasteiger partial charge in [0.15, 0.2) is 12.4 Å². The first-order valence-electron chi connectivity index (χ1n) is 3.98. The van der Waals surface area contributed by atoms with Gasteiger partial charge in [-0.2, -0.15) is 0 Å². The third-order valence-corrected chi connectivity index (χ3v) is 2.87. The second-order valence-electron chi connectivity index (χ2n) is 2.98. The summed E-state index contributed by atoms with van der Waals surface area (Å²) in [5, 5.41) is 0.570. The molecule has 14 heavy (non-hydrogen) atoms. The van der Waals surface area contributed by atoms with E-state index in [0.717, 1.165) is 4.47 Å². The van der Waals surface area contributed by atoms with Gasteiger partial charge in [-0.1, -0.05) is 11.6 Å². The molecule has 1 aliphatic rings. The zero-order valence-corrected chi connectivity index (χ0v) is 9.72. The minimum absolute atomic E-state index is 0.0731. The van der Waals surface area contributed by atoms with Crippen LogP contribution in [0, 0.1) is 0 Å². The van der Waals surface area contributed by atoms with Crippen LogP contribution in [0.3, 0.4) is 0 Å². The van der Waals surface area contributed by atoms with Crippen LogP contribution in [0.5, 0.6) is 5.75 Å². The Balaban J connectivity index is 2.59. The molecule has 0 radical (unpaired) electrons. The molecule has 74 valence electrons. The minimum Gasteiger partial charge on any atom is -0.480 e. The maximum absolute atomic E-state index is 11.3. The van der Waals surface area contributed by atoms with E-state index in [-0.39, 0.29) is 12.5 Å². The van der Waals surface area contributed by atoms with Gasteiger partial charge in [0.25, 0.3) is 5.91 Å². The molecule has 0 atom stereocenters. The molecule has 0 N–H and O–H groups in total. The Morgan fingerprint density at radius 3 is 3.00 bits per heavy atom. The van der Waals surface area contributed by atoms with E-state index in [1.165, 1.54) is 4.90 Å². The van der Waals surface area contributed by atoms with Crippen molar-refractivity contribution in [3.05, 3.63) is 21.6 Å². The van der Waals surface area contributed by atoms with E-state index in [1.54, 1.807) is 19.2 Å². The molecule has 0 aliphatic carbocycles. The van der Waals surface area contributed by atoms with Gasteiger partial charge in [0.05, 0.1) is 10.2 Å². The molecule has 1 heterocycles. The maximum atomic E-state index is 11.3. The first-order chi connectivity index (χ1) is 6.59. The number of halogens is 2. The summed E-state index contributed by atoms with van der Waals surface area (Å²) in [5.41, 5.74) is 0.695. The first kappa shape index (κ1) is 9.80. The van der Waals surface area contributed by atoms with E-state index < -0.39 is 0 Å². The Labute approximate surface area is 94.7 Å². The highest BCUT2D eigenvalue weighted by Gasteiger charge is 2.24. The smallest absolute Gasteiger partial charge is 0.264 e. The number of carbonyl (C=O) groups is 1. The van der Waals surface area contributed by atoms with Gasteiger partial charge in [-0.15, -0.1) is 0 Å². The number of amides is 1. The quantitative estimate of drug-likeness (QED) is 0.728. The summed E-state index contributed by atoms with van der Waals surface area (Å²) in [6.45, 7) is 0.0731. The highest BCUT2D eigenvalue weighted by atomic mass is 79.9. The molecule has 0 unspecified atom stereocenters. The molecule has 1 aromatic rings. The van der Waals surface area contributed by atoms with Crippen molar-refractivity contribution in [2.75, 3.05) is 18.6 Å². The standard InChI is InChI=1S/C9H7BrClNO2/c1-12-7-3-5(11)2-6(10)9(7)14-4-8(12)13/h2-3H,4H2,1H3. The molecule has 2 rings (SSSR count). The molecular weight excluding hydrogens is 269 g/mol. The van der Waals surface area contributed by atoms with Crippen LogP contribution in [0.1, 0.15) is 0 Å². The number of carbonyl (C=O) groups excluding carboxylic acids is 1. The number of likely N-dealkylation sites (N-methyl/N-ethyl adjacent to an activating group) is 1. The zero-order valence-electron chi connectivity index (χ0n) is 7.38. The zero-order chi connectivity index (χ0) is 10.3. The molecule has 3 nitrogen and oxygen atoms in total. The van der Waals surface area contributed by atoms with Crippen molar-refractivity contribution in [2.24, 2.45) is 0 Å². The fourth-order valence-electron chi connectivity index (χ4n) is 1.30. The van der Waals surface area contributed by atoms with E-state index in [4.69, 9.17) is 16.3 Å². The van der Waals surface area contributed by atoms with Crippen LogP contribution in [0.2, 0.25) is 5.02 Å². The van der Waals surface area contributed by atoms with Gasteiger partial charge in [0, 0.05) is 12.1 Å². The van der Waals surface area contributed by atoms with Gasteiger partial charge in [0.2, 0.25) is 0 Å². The lowest BCUT2D eigenvalue weighted by atomic mass is 10.2. The summed E-state index contributed by atoms with van der Waals surface area (Å²) in [7, 11) is 1.70. The first-order valence-corrected chi connectivity index (χ1v) is 5.15. The molecule has 0 aromatic heterocycles. The average Bonchev–Trinajstić information content (AvgIpc) is 2.12. The number of hydrogen-bond acceptors (Lipinski definition) is 2. The normalized spacial score (nSPS) is 15.1. The van der Waals surface area contributed by atoms with Crippen molar-refractivity contribution in [1.29, 1.82) is 0 Å². The van der Waals surface area contributed by atoms with Crippen LogP contribution in [0.25, 0.3) is 0 Å².